The molecule has 1 saturated carbocycles. The number of fused-ring (bicyclic) bond motifs is 1. The molecular formula is C14H15NO2S. The highest BCUT2D eigenvalue weighted by Crippen LogP contribution is 2.37. The molecule has 4 heteroatoms. The van der Waals surface area contributed by atoms with Crippen LogP contribution >= 0.6 is 11.8 Å². The smallest absolute Gasteiger partial charge is 0.234 e. The number of rotatable bonds is 1. The zero-order valence-corrected chi connectivity index (χ0v) is 10.9. The number of thioether (sulfide) groups is 1. The fourth-order valence-electron chi connectivity index (χ4n) is 2.62. The van der Waals surface area contributed by atoms with Gasteiger partial charge in [-0.2, -0.15) is 0 Å². The first-order chi connectivity index (χ1) is 8.72. The highest BCUT2D eigenvalue weighted by molar-refractivity contribution is 8.00. The maximum absolute atomic E-state index is 11.3. The van der Waals surface area contributed by atoms with E-state index in [0.717, 1.165) is 23.4 Å². The van der Waals surface area contributed by atoms with Gasteiger partial charge in [-0.15, -0.1) is 11.8 Å². The Labute approximate surface area is 110 Å². The molecule has 18 heavy (non-hydrogen) atoms. The molecule has 0 aromatic heterocycles. The van der Waals surface area contributed by atoms with Crippen LogP contribution in [0.25, 0.3) is 0 Å². The van der Waals surface area contributed by atoms with Gasteiger partial charge in [-0.05, 0) is 36.5 Å². The molecule has 0 bridgehead atoms. The highest BCUT2D eigenvalue weighted by Gasteiger charge is 2.22. The summed E-state index contributed by atoms with van der Waals surface area (Å²) >= 11 is 1.60. The lowest BCUT2D eigenvalue weighted by Crippen LogP contribution is -2.19. The Morgan fingerprint density at radius 1 is 1.17 bits per heavy atom. The normalized spacial score (nSPS) is 20.4. The SMILES string of the molecule is O=C1CCC(c2ccc3c(c2)SCC(=O)N3)CC1. The van der Waals surface area contributed by atoms with Crippen molar-refractivity contribution in [1.29, 1.82) is 0 Å². The van der Waals surface area contributed by atoms with E-state index in [1.54, 1.807) is 11.8 Å². The van der Waals surface area contributed by atoms with Crippen LogP contribution in [0.2, 0.25) is 0 Å². The van der Waals surface area contributed by atoms with Crippen LogP contribution in [0, 0.1) is 0 Å². The molecule has 0 atom stereocenters. The molecular weight excluding hydrogens is 246 g/mol. The lowest BCUT2D eigenvalue weighted by Gasteiger charge is -2.23. The molecule has 1 aliphatic carbocycles. The summed E-state index contributed by atoms with van der Waals surface area (Å²) in [7, 11) is 0. The molecule has 1 N–H and O–H groups in total. The maximum atomic E-state index is 11.3. The summed E-state index contributed by atoms with van der Waals surface area (Å²) < 4.78 is 0. The van der Waals surface area contributed by atoms with Crippen LogP contribution in [0.1, 0.15) is 37.2 Å². The summed E-state index contributed by atoms with van der Waals surface area (Å²) in [4.78, 5) is 23.7. The molecule has 0 radical (unpaired) electrons. The van der Waals surface area contributed by atoms with Crippen LogP contribution in [0.3, 0.4) is 0 Å². The van der Waals surface area contributed by atoms with Gasteiger partial charge >= 0.3 is 0 Å². The van der Waals surface area contributed by atoms with Gasteiger partial charge in [0.2, 0.25) is 5.91 Å². The first kappa shape index (κ1) is 11.8. The molecule has 0 saturated heterocycles. The van der Waals surface area contributed by atoms with Crippen molar-refractivity contribution >= 4 is 29.1 Å². The molecule has 0 spiro atoms. The highest BCUT2D eigenvalue weighted by atomic mass is 32.2. The average Bonchev–Trinajstić information content (AvgIpc) is 2.39. The number of Topliss-reactive ketones (excluding diaryl/α,β-unsaturated/α-hetero) is 1. The molecule has 0 unspecified atom stereocenters. The molecule has 3 rings (SSSR count). The third-order valence-corrected chi connectivity index (χ3v) is 4.71. The number of amides is 1. The maximum Gasteiger partial charge on any atom is 0.234 e. The van der Waals surface area contributed by atoms with Gasteiger partial charge in [0.1, 0.15) is 5.78 Å². The quantitative estimate of drug-likeness (QED) is 0.845. The Kier molecular flexibility index (Phi) is 3.12. The average molecular weight is 261 g/mol. The molecule has 1 fully saturated rings. The molecule has 1 aromatic carbocycles. The standard InChI is InChI=1S/C14H15NO2S/c16-11-4-1-9(2-5-11)10-3-6-12-13(7-10)18-8-14(17)15-12/h3,6-7,9H,1-2,4-5,8H2,(H,15,17). The van der Waals surface area contributed by atoms with Gasteiger partial charge < -0.3 is 5.32 Å². The van der Waals surface area contributed by atoms with Gasteiger partial charge in [0, 0.05) is 17.7 Å². The second-order valence-corrected chi connectivity index (χ2v) is 5.92. The summed E-state index contributed by atoms with van der Waals surface area (Å²) in [6, 6.07) is 6.26. The lowest BCUT2D eigenvalue weighted by atomic mass is 9.83. The van der Waals surface area contributed by atoms with Gasteiger partial charge in [-0.3, -0.25) is 9.59 Å². The van der Waals surface area contributed by atoms with Crippen LogP contribution < -0.4 is 5.32 Å². The van der Waals surface area contributed by atoms with Crippen molar-refractivity contribution in [3.05, 3.63) is 23.8 Å². The topological polar surface area (TPSA) is 46.2 Å². The number of ketones is 1. The van der Waals surface area contributed by atoms with Crippen molar-refractivity contribution in [2.75, 3.05) is 11.1 Å². The molecule has 94 valence electrons. The summed E-state index contributed by atoms with van der Waals surface area (Å²) in [6.45, 7) is 0. The van der Waals surface area contributed by atoms with Crippen molar-refractivity contribution in [2.24, 2.45) is 0 Å². The van der Waals surface area contributed by atoms with Crippen molar-refractivity contribution in [2.45, 2.75) is 36.5 Å². The molecule has 1 aliphatic heterocycles. The van der Waals surface area contributed by atoms with Crippen LogP contribution in [-0.4, -0.2) is 17.4 Å². The van der Waals surface area contributed by atoms with E-state index < -0.39 is 0 Å². The summed E-state index contributed by atoms with van der Waals surface area (Å²) in [5.41, 5.74) is 2.23. The van der Waals surface area contributed by atoms with E-state index in [1.807, 2.05) is 6.07 Å². The van der Waals surface area contributed by atoms with Gasteiger partial charge in [0.25, 0.3) is 0 Å². The number of nitrogens with one attached hydrogen (secondary N) is 1. The molecule has 2 aliphatic rings. The van der Waals surface area contributed by atoms with Crippen LogP contribution in [-0.2, 0) is 9.59 Å². The number of hydrogen-bond donors (Lipinski definition) is 1. The van der Waals surface area contributed by atoms with Gasteiger partial charge in [-0.1, -0.05) is 6.07 Å². The minimum absolute atomic E-state index is 0.0727. The van der Waals surface area contributed by atoms with Crippen LogP contribution in [0.15, 0.2) is 23.1 Å². The molecule has 1 amide bonds. The van der Waals surface area contributed by atoms with E-state index in [2.05, 4.69) is 17.4 Å². The minimum atomic E-state index is 0.0727. The Morgan fingerprint density at radius 3 is 2.72 bits per heavy atom. The van der Waals surface area contributed by atoms with Crippen LogP contribution in [0.4, 0.5) is 5.69 Å². The Balaban J connectivity index is 1.82. The number of benzene rings is 1. The zero-order valence-electron chi connectivity index (χ0n) is 10.1. The molecule has 3 nitrogen and oxygen atoms in total. The number of anilines is 1. The first-order valence-electron chi connectivity index (χ1n) is 6.30. The van der Waals surface area contributed by atoms with E-state index >= 15 is 0 Å². The van der Waals surface area contributed by atoms with Gasteiger partial charge in [-0.25, -0.2) is 0 Å². The first-order valence-corrected chi connectivity index (χ1v) is 7.29. The second-order valence-electron chi connectivity index (χ2n) is 4.91. The Hall–Kier alpha value is -1.29. The number of carbonyl (C=O) groups excluding carboxylic acids is 2. The second kappa shape index (κ2) is 4.76. The van der Waals surface area contributed by atoms with Crippen molar-refractivity contribution in [3.8, 4) is 0 Å². The number of hydrogen-bond acceptors (Lipinski definition) is 3. The Morgan fingerprint density at radius 2 is 1.94 bits per heavy atom. The van der Waals surface area contributed by atoms with Gasteiger partial charge in [0.05, 0.1) is 11.4 Å². The monoisotopic (exact) mass is 261 g/mol. The van der Waals surface area contributed by atoms with E-state index in [1.165, 1.54) is 5.56 Å². The third kappa shape index (κ3) is 2.29. The van der Waals surface area contributed by atoms with E-state index in [9.17, 15) is 9.59 Å². The van der Waals surface area contributed by atoms with E-state index in [0.29, 0.717) is 30.3 Å². The van der Waals surface area contributed by atoms with Crippen LogP contribution in [0.5, 0.6) is 0 Å². The van der Waals surface area contributed by atoms with Crippen molar-refractivity contribution < 1.29 is 9.59 Å². The predicted molar refractivity (Wildman–Crippen MR) is 72.0 cm³/mol. The Bertz CT molecular complexity index is 503. The van der Waals surface area contributed by atoms with E-state index in [4.69, 9.17) is 0 Å². The fraction of sp³-hybridized carbons (Fsp3) is 0.429. The minimum Gasteiger partial charge on any atom is -0.324 e. The third-order valence-electron chi connectivity index (χ3n) is 3.65. The largest absolute Gasteiger partial charge is 0.324 e. The van der Waals surface area contributed by atoms with Crippen molar-refractivity contribution in [3.63, 3.8) is 0 Å². The zero-order chi connectivity index (χ0) is 12.5. The summed E-state index contributed by atoms with van der Waals surface area (Å²) in [5, 5.41) is 2.88. The van der Waals surface area contributed by atoms with Gasteiger partial charge in [0.15, 0.2) is 0 Å². The number of carbonyl (C=O) groups is 2. The predicted octanol–water partition coefficient (Wildman–Crippen LogP) is 2.96. The van der Waals surface area contributed by atoms with E-state index in [-0.39, 0.29) is 5.91 Å². The van der Waals surface area contributed by atoms with Crippen molar-refractivity contribution in [1.82, 2.24) is 0 Å². The molecule has 1 aromatic rings. The summed E-state index contributed by atoms with van der Waals surface area (Å²) in [6.07, 6.45) is 3.36. The summed E-state index contributed by atoms with van der Waals surface area (Å²) in [5.74, 6) is 1.47. The lowest BCUT2D eigenvalue weighted by molar-refractivity contribution is -0.120. The molecule has 1 heterocycles. The fourth-order valence-corrected chi connectivity index (χ4v) is 3.47.